The SMILES string of the molecule is O=C(CNN1CCCCC1)Nc1ccc(F)cc1. The van der Waals surface area contributed by atoms with Crippen LogP contribution in [-0.4, -0.2) is 30.6 Å². The van der Waals surface area contributed by atoms with Crippen LogP contribution >= 0.6 is 0 Å². The molecule has 1 aromatic rings. The molecule has 1 saturated heterocycles. The Hall–Kier alpha value is -1.46. The van der Waals surface area contributed by atoms with E-state index in [4.69, 9.17) is 0 Å². The summed E-state index contributed by atoms with van der Waals surface area (Å²) in [6.07, 6.45) is 3.61. The summed E-state index contributed by atoms with van der Waals surface area (Å²) in [5.41, 5.74) is 3.71. The number of benzene rings is 1. The van der Waals surface area contributed by atoms with Gasteiger partial charge >= 0.3 is 0 Å². The topological polar surface area (TPSA) is 44.4 Å². The number of amides is 1. The number of anilines is 1. The Balaban J connectivity index is 1.73. The normalized spacial score (nSPS) is 16.5. The number of carbonyl (C=O) groups excluding carboxylic acids is 1. The van der Waals surface area contributed by atoms with Gasteiger partial charge in [-0.2, -0.15) is 0 Å². The van der Waals surface area contributed by atoms with Crippen LogP contribution in [-0.2, 0) is 4.79 Å². The first-order valence-corrected chi connectivity index (χ1v) is 6.28. The number of halogens is 1. The number of nitrogens with zero attached hydrogens (tertiary/aromatic N) is 1. The minimum atomic E-state index is -0.306. The molecule has 5 heteroatoms. The Morgan fingerprint density at radius 3 is 2.50 bits per heavy atom. The molecule has 0 radical (unpaired) electrons. The highest BCUT2D eigenvalue weighted by molar-refractivity contribution is 5.92. The van der Waals surface area contributed by atoms with Crippen LogP contribution < -0.4 is 10.7 Å². The van der Waals surface area contributed by atoms with E-state index in [9.17, 15) is 9.18 Å². The zero-order valence-corrected chi connectivity index (χ0v) is 10.3. The van der Waals surface area contributed by atoms with Crippen LogP contribution in [0.3, 0.4) is 0 Å². The zero-order chi connectivity index (χ0) is 12.8. The van der Waals surface area contributed by atoms with E-state index < -0.39 is 0 Å². The second-order valence-electron chi connectivity index (χ2n) is 4.44. The minimum Gasteiger partial charge on any atom is -0.325 e. The number of piperidine rings is 1. The standard InChI is InChI=1S/C13H18FN3O/c14-11-4-6-12(7-5-11)16-13(18)10-15-17-8-2-1-3-9-17/h4-7,15H,1-3,8-10H2,(H,16,18). The van der Waals surface area contributed by atoms with Crippen molar-refractivity contribution in [2.24, 2.45) is 0 Å². The second kappa shape index (κ2) is 6.47. The Labute approximate surface area is 106 Å². The monoisotopic (exact) mass is 251 g/mol. The van der Waals surface area contributed by atoms with Gasteiger partial charge in [-0.3, -0.25) is 4.79 Å². The third kappa shape index (κ3) is 4.09. The Morgan fingerprint density at radius 1 is 1.17 bits per heavy atom. The first-order valence-electron chi connectivity index (χ1n) is 6.28. The molecular weight excluding hydrogens is 233 g/mol. The van der Waals surface area contributed by atoms with Crippen LogP contribution in [0.1, 0.15) is 19.3 Å². The highest BCUT2D eigenvalue weighted by Crippen LogP contribution is 2.08. The van der Waals surface area contributed by atoms with Gasteiger partial charge in [-0.1, -0.05) is 6.42 Å². The minimum absolute atomic E-state index is 0.118. The number of nitrogens with one attached hydrogen (secondary N) is 2. The fraction of sp³-hybridized carbons (Fsp3) is 0.462. The summed E-state index contributed by atoms with van der Waals surface area (Å²) in [6, 6.07) is 5.75. The van der Waals surface area contributed by atoms with Crippen LogP contribution in [0, 0.1) is 5.82 Å². The van der Waals surface area contributed by atoms with Crippen LogP contribution in [0.15, 0.2) is 24.3 Å². The molecule has 18 heavy (non-hydrogen) atoms. The van der Waals surface area contributed by atoms with Crippen molar-refractivity contribution in [3.05, 3.63) is 30.1 Å². The van der Waals surface area contributed by atoms with E-state index in [0.717, 1.165) is 13.1 Å². The Bertz CT molecular complexity index is 388. The largest absolute Gasteiger partial charge is 0.325 e. The molecule has 0 spiro atoms. The lowest BCUT2D eigenvalue weighted by Crippen LogP contribution is -2.45. The third-order valence-electron chi connectivity index (χ3n) is 2.95. The van der Waals surface area contributed by atoms with E-state index >= 15 is 0 Å². The summed E-state index contributed by atoms with van der Waals surface area (Å²) in [4.78, 5) is 11.6. The summed E-state index contributed by atoms with van der Waals surface area (Å²) in [5.74, 6) is -0.424. The predicted octanol–water partition coefficient (Wildman–Crippen LogP) is 1.75. The predicted molar refractivity (Wildman–Crippen MR) is 68.5 cm³/mol. The maximum absolute atomic E-state index is 12.7. The van der Waals surface area contributed by atoms with E-state index in [0.29, 0.717) is 5.69 Å². The van der Waals surface area contributed by atoms with Gasteiger partial charge < -0.3 is 5.32 Å². The van der Waals surface area contributed by atoms with E-state index in [-0.39, 0.29) is 18.3 Å². The average molecular weight is 251 g/mol. The molecule has 2 rings (SSSR count). The zero-order valence-electron chi connectivity index (χ0n) is 10.3. The Kier molecular flexibility index (Phi) is 4.66. The quantitative estimate of drug-likeness (QED) is 0.857. The summed E-state index contributed by atoms with van der Waals surface area (Å²) in [5, 5.41) is 4.79. The number of hydrogen-bond donors (Lipinski definition) is 2. The van der Waals surface area contributed by atoms with Crippen LogP contribution in [0.25, 0.3) is 0 Å². The molecule has 1 aromatic carbocycles. The molecule has 0 bridgehead atoms. The molecule has 1 aliphatic rings. The lowest BCUT2D eigenvalue weighted by Gasteiger charge is -2.26. The molecule has 4 nitrogen and oxygen atoms in total. The highest BCUT2D eigenvalue weighted by Gasteiger charge is 2.10. The van der Waals surface area contributed by atoms with Gasteiger partial charge in [0.15, 0.2) is 0 Å². The lowest BCUT2D eigenvalue weighted by molar-refractivity contribution is -0.116. The van der Waals surface area contributed by atoms with E-state index in [2.05, 4.69) is 15.8 Å². The number of hydrazine groups is 1. The Morgan fingerprint density at radius 2 is 1.83 bits per heavy atom. The maximum Gasteiger partial charge on any atom is 0.239 e. The molecule has 1 fully saturated rings. The molecule has 2 N–H and O–H groups in total. The van der Waals surface area contributed by atoms with Crippen molar-refractivity contribution in [2.45, 2.75) is 19.3 Å². The third-order valence-corrected chi connectivity index (χ3v) is 2.95. The van der Waals surface area contributed by atoms with E-state index in [1.807, 2.05) is 0 Å². The van der Waals surface area contributed by atoms with Crippen LogP contribution in [0.5, 0.6) is 0 Å². The van der Waals surface area contributed by atoms with Gasteiger partial charge in [0.1, 0.15) is 5.82 Å². The second-order valence-corrected chi connectivity index (χ2v) is 4.44. The van der Waals surface area contributed by atoms with Crippen molar-refractivity contribution < 1.29 is 9.18 Å². The highest BCUT2D eigenvalue weighted by atomic mass is 19.1. The summed E-state index contributed by atoms with van der Waals surface area (Å²) < 4.78 is 12.7. The van der Waals surface area contributed by atoms with Gasteiger partial charge in [0.2, 0.25) is 5.91 Å². The van der Waals surface area contributed by atoms with Gasteiger partial charge in [0.25, 0.3) is 0 Å². The first-order chi connectivity index (χ1) is 8.74. The van der Waals surface area contributed by atoms with Crippen molar-refractivity contribution in [1.82, 2.24) is 10.4 Å². The molecule has 1 heterocycles. The van der Waals surface area contributed by atoms with Crippen molar-refractivity contribution in [3.8, 4) is 0 Å². The molecular formula is C13H18FN3O. The molecule has 0 unspecified atom stereocenters. The van der Waals surface area contributed by atoms with Crippen molar-refractivity contribution in [2.75, 3.05) is 25.0 Å². The number of hydrogen-bond acceptors (Lipinski definition) is 3. The summed E-state index contributed by atoms with van der Waals surface area (Å²) >= 11 is 0. The smallest absolute Gasteiger partial charge is 0.239 e. The van der Waals surface area contributed by atoms with Gasteiger partial charge in [-0.25, -0.2) is 14.8 Å². The van der Waals surface area contributed by atoms with Crippen molar-refractivity contribution >= 4 is 11.6 Å². The molecule has 0 aliphatic carbocycles. The van der Waals surface area contributed by atoms with Crippen molar-refractivity contribution in [3.63, 3.8) is 0 Å². The fourth-order valence-electron chi connectivity index (χ4n) is 1.97. The lowest BCUT2D eigenvalue weighted by atomic mass is 10.2. The number of rotatable bonds is 4. The summed E-state index contributed by atoms with van der Waals surface area (Å²) in [6.45, 7) is 2.23. The van der Waals surface area contributed by atoms with Gasteiger partial charge in [-0.05, 0) is 37.1 Å². The van der Waals surface area contributed by atoms with Crippen LogP contribution in [0.2, 0.25) is 0 Å². The molecule has 0 atom stereocenters. The van der Waals surface area contributed by atoms with E-state index in [1.165, 1.54) is 31.4 Å². The molecule has 98 valence electrons. The summed E-state index contributed by atoms with van der Waals surface area (Å²) in [7, 11) is 0. The average Bonchev–Trinajstić information content (AvgIpc) is 2.40. The molecule has 0 aromatic heterocycles. The van der Waals surface area contributed by atoms with Gasteiger partial charge in [0.05, 0.1) is 6.54 Å². The fourth-order valence-corrected chi connectivity index (χ4v) is 1.97. The molecule has 1 amide bonds. The van der Waals surface area contributed by atoms with Crippen LogP contribution in [0.4, 0.5) is 10.1 Å². The molecule has 1 aliphatic heterocycles. The number of carbonyl (C=O) groups is 1. The first kappa shape index (κ1) is 13.0. The van der Waals surface area contributed by atoms with Gasteiger partial charge in [0, 0.05) is 18.8 Å². The molecule has 0 saturated carbocycles. The van der Waals surface area contributed by atoms with Crippen molar-refractivity contribution in [1.29, 1.82) is 0 Å². The van der Waals surface area contributed by atoms with Gasteiger partial charge in [-0.15, -0.1) is 0 Å². The maximum atomic E-state index is 12.7. The van der Waals surface area contributed by atoms with E-state index in [1.54, 1.807) is 12.1 Å².